The van der Waals surface area contributed by atoms with Gasteiger partial charge in [0.25, 0.3) is 0 Å². The van der Waals surface area contributed by atoms with E-state index in [1.54, 1.807) is 0 Å². The zero-order valence-corrected chi connectivity index (χ0v) is 19.3. The SMILES string of the molecule is Cc1c[cH-]c(C)c1.Cc1c[cH-]c(C)c1.[CH3][Ge]([CH3])=[Zr]([Cl])[Cl]. The second kappa shape index (κ2) is 11.3. The zero-order valence-electron chi connectivity index (χ0n) is 13.2. The number of halogens is 2. The Balaban J connectivity index is 0.000000272. The third-order valence-electron chi connectivity index (χ3n) is 2.51. The summed E-state index contributed by atoms with van der Waals surface area (Å²) in [5, 5.41) is 0. The van der Waals surface area contributed by atoms with Gasteiger partial charge >= 0.3 is 54.8 Å². The van der Waals surface area contributed by atoms with Gasteiger partial charge in [-0.2, -0.15) is 35.4 Å². The van der Waals surface area contributed by atoms with Crippen LogP contribution in [0.15, 0.2) is 36.4 Å². The molecule has 0 N–H and O–H groups in total. The van der Waals surface area contributed by atoms with E-state index in [2.05, 4.69) is 75.6 Å². The normalized spacial score (nSPS) is 9.00. The molecule has 112 valence electrons. The molecule has 0 amide bonds. The molecule has 0 aliphatic rings. The van der Waals surface area contributed by atoms with Gasteiger partial charge in [-0.15, -0.1) is 0 Å². The van der Waals surface area contributed by atoms with Gasteiger partial charge in [-0.05, 0) is 0 Å². The summed E-state index contributed by atoms with van der Waals surface area (Å²) in [6, 6.07) is 12.8. The monoisotopic (exact) mass is 450 g/mol. The molecular weight excluding hydrogens is 427 g/mol. The molecule has 0 radical (unpaired) electrons. The molecule has 0 bridgehead atoms. The van der Waals surface area contributed by atoms with Gasteiger partial charge in [0.15, 0.2) is 0 Å². The van der Waals surface area contributed by atoms with Crippen molar-refractivity contribution in [2.45, 2.75) is 39.2 Å². The van der Waals surface area contributed by atoms with E-state index in [0.29, 0.717) is 0 Å². The Morgan fingerprint density at radius 2 is 1.15 bits per heavy atom. The van der Waals surface area contributed by atoms with Crippen LogP contribution in [0.1, 0.15) is 22.3 Å². The Morgan fingerprint density at radius 3 is 1.20 bits per heavy atom. The summed E-state index contributed by atoms with van der Waals surface area (Å²) >= 11 is -1.59. The van der Waals surface area contributed by atoms with Crippen molar-refractivity contribution >= 4 is 27.0 Å². The Labute approximate surface area is 140 Å². The van der Waals surface area contributed by atoms with Gasteiger partial charge in [0.05, 0.1) is 0 Å². The first-order valence-electron chi connectivity index (χ1n) is 6.60. The van der Waals surface area contributed by atoms with Crippen molar-refractivity contribution < 1.29 is 16.2 Å². The van der Waals surface area contributed by atoms with Crippen LogP contribution < -0.4 is 0 Å². The summed E-state index contributed by atoms with van der Waals surface area (Å²) in [6.45, 7) is 8.42. The molecule has 0 saturated carbocycles. The van der Waals surface area contributed by atoms with Crippen LogP contribution in [0.5, 0.6) is 0 Å². The standard InChI is InChI=1S/2C7H9.C2H6Ge.2ClH.Zr/c2*1-6-3-4-7(2)5-6;1-3-2;;;/h2*3-5H,1-2H3;1-2H3;2*1H;/q2*-1;;;;+2/p-2. The summed E-state index contributed by atoms with van der Waals surface area (Å²) in [5.74, 6) is 4.46. The van der Waals surface area contributed by atoms with Crippen molar-refractivity contribution in [3.8, 4) is 0 Å². The van der Waals surface area contributed by atoms with Crippen LogP contribution in [-0.4, -0.2) is 9.98 Å². The Bertz CT molecular complexity index is 449. The first-order valence-corrected chi connectivity index (χ1v) is 24.6. The zero-order chi connectivity index (χ0) is 15.7. The molecule has 0 aromatic heterocycles. The van der Waals surface area contributed by atoms with Crippen molar-refractivity contribution in [1.29, 1.82) is 0 Å². The summed E-state index contributed by atoms with van der Waals surface area (Å²) in [5.41, 5.74) is 5.44. The van der Waals surface area contributed by atoms with E-state index >= 15 is 0 Å². The van der Waals surface area contributed by atoms with Crippen molar-refractivity contribution in [1.82, 2.24) is 0 Å². The predicted octanol–water partition coefficient (Wildman–Crippen LogP) is 6.21. The van der Waals surface area contributed by atoms with Gasteiger partial charge in [0.1, 0.15) is 0 Å². The molecule has 0 saturated heterocycles. The molecule has 4 heteroatoms. The molecule has 0 aliphatic heterocycles. The van der Waals surface area contributed by atoms with Crippen molar-refractivity contribution in [2.24, 2.45) is 0 Å². The fraction of sp³-hybridized carbons (Fsp3) is 0.375. The molecule has 0 aliphatic carbocycles. The van der Waals surface area contributed by atoms with E-state index in [9.17, 15) is 0 Å². The Kier molecular flexibility index (Phi) is 11.7. The first-order chi connectivity index (χ1) is 9.22. The minimum atomic E-state index is -1.59. The molecule has 2 rings (SSSR count). The average molecular weight is 451 g/mol. The van der Waals surface area contributed by atoms with Crippen LogP contribution >= 0.6 is 17.0 Å². The van der Waals surface area contributed by atoms with Gasteiger partial charge < -0.3 is 0 Å². The second-order valence-electron chi connectivity index (χ2n) is 5.19. The molecule has 20 heavy (non-hydrogen) atoms. The van der Waals surface area contributed by atoms with Crippen LogP contribution in [0.3, 0.4) is 0 Å². The van der Waals surface area contributed by atoms with Crippen molar-refractivity contribution in [3.05, 3.63) is 58.7 Å². The van der Waals surface area contributed by atoms with E-state index in [1.807, 2.05) is 0 Å². The molecule has 0 atom stereocenters. The van der Waals surface area contributed by atoms with Gasteiger partial charge in [-0.3, -0.25) is 0 Å². The Hall–Kier alpha value is 0.706. The third-order valence-corrected chi connectivity index (χ3v) is 37.0. The topological polar surface area (TPSA) is 0 Å². The maximum atomic E-state index is 5.65. The number of hydrogen-bond acceptors (Lipinski definition) is 0. The van der Waals surface area contributed by atoms with Gasteiger partial charge in [0, 0.05) is 0 Å². The summed E-state index contributed by atoms with van der Waals surface area (Å²) in [7, 11) is 10.6. The maximum absolute atomic E-state index is 5.65. The molecule has 0 heterocycles. The molecule has 0 spiro atoms. The second-order valence-corrected chi connectivity index (χ2v) is 43.1. The van der Waals surface area contributed by atoms with E-state index in [0.717, 1.165) is 0 Å². The molecule has 2 aromatic carbocycles. The van der Waals surface area contributed by atoms with Crippen LogP contribution in [0.25, 0.3) is 0 Å². The van der Waals surface area contributed by atoms with E-state index in [-0.39, 0.29) is 0 Å². The average Bonchev–Trinajstić information content (AvgIpc) is 2.89. The van der Waals surface area contributed by atoms with Crippen LogP contribution in [0.4, 0.5) is 0 Å². The van der Waals surface area contributed by atoms with E-state index in [1.165, 1.54) is 22.3 Å². The predicted molar refractivity (Wildman–Crippen MR) is 92.2 cm³/mol. The van der Waals surface area contributed by atoms with Gasteiger partial charge in [0.2, 0.25) is 0 Å². The van der Waals surface area contributed by atoms with Crippen LogP contribution in [0, 0.1) is 27.7 Å². The van der Waals surface area contributed by atoms with Gasteiger partial charge in [-0.25, -0.2) is 23.3 Å². The molecule has 0 nitrogen and oxygen atoms in total. The minimum absolute atomic E-state index is 0.735. The first kappa shape index (κ1) is 20.7. The van der Waals surface area contributed by atoms with E-state index < -0.39 is 26.2 Å². The van der Waals surface area contributed by atoms with Gasteiger partial charge in [-0.1, -0.05) is 27.7 Å². The molecule has 2 aromatic rings. The molecule has 0 unspecified atom stereocenters. The fourth-order valence-corrected chi connectivity index (χ4v) is 1.44. The number of aryl methyl sites for hydroxylation is 4. The van der Waals surface area contributed by atoms with Crippen LogP contribution in [-0.2, 0) is 16.2 Å². The summed E-state index contributed by atoms with van der Waals surface area (Å²) in [4.78, 5) is 0. The molecule has 0 fully saturated rings. The Morgan fingerprint density at radius 1 is 0.850 bits per heavy atom. The van der Waals surface area contributed by atoms with Crippen molar-refractivity contribution in [2.75, 3.05) is 0 Å². The fourth-order valence-electron chi connectivity index (χ4n) is 1.44. The summed E-state index contributed by atoms with van der Waals surface area (Å²) < 4.78 is 0. The third kappa shape index (κ3) is 11.4. The van der Waals surface area contributed by atoms with E-state index in [4.69, 9.17) is 17.0 Å². The molecular formula is C16H24Cl2GeZr-2. The van der Waals surface area contributed by atoms with Crippen molar-refractivity contribution in [3.63, 3.8) is 0 Å². The quantitative estimate of drug-likeness (QED) is 0.330. The van der Waals surface area contributed by atoms with Crippen LogP contribution in [0.2, 0.25) is 11.5 Å². The number of rotatable bonds is 0. The number of hydrogen-bond donors (Lipinski definition) is 0. The summed E-state index contributed by atoms with van der Waals surface area (Å²) in [6.07, 6.45) is 0.